The van der Waals surface area contributed by atoms with Crippen LogP contribution in [0.15, 0.2) is 24.4 Å². The number of amides is 1. The number of carbonyl (C=O) groups excluding carboxylic acids is 1. The Labute approximate surface area is 102 Å². The van der Waals surface area contributed by atoms with Gasteiger partial charge in [0.1, 0.15) is 0 Å². The summed E-state index contributed by atoms with van der Waals surface area (Å²) in [6.45, 7) is 1.95. The smallest absolute Gasteiger partial charge is 0.226 e. The Hall–Kier alpha value is -1.42. The van der Waals surface area contributed by atoms with E-state index in [1.807, 2.05) is 18.2 Å². The molecule has 2 N–H and O–H groups in total. The van der Waals surface area contributed by atoms with Gasteiger partial charge in [0.2, 0.25) is 5.91 Å². The van der Waals surface area contributed by atoms with E-state index in [9.17, 15) is 4.79 Å². The van der Waals surface area contributed by atoms with Crippen molar-refractivity contribution in [1.29, 1.82) is 0 Å². The van der Waals surface area contributed by atoms with E-state index in [1.54, 1.807) is 6.20 Å². The summed E-state index contributed by atoms with van der Waals surface area (Å²) in [5.41, 5.74) is 0.826. The third-order valence-electron chi connectivity index (χ3n) is 2.98. The first kappa shape index (κ1) is 12.0. The topological polar surface area (TPSA) is 54.0 Å². The van der Waals surface area contributed by atoms with Crippen molar-refractivity contribution in [2.24, 2.45) is 0 Å². The second-order valence-electron chi connectivity index (χ2n) is 4.46. The number of pyridine rings is 1. The minimum absolute atomic E-state index is 0.0670. The molecule has 1 aromatic heterocycles. The lowest BCUT2D eigenvalue weighted by atomic mass is 10.1. The molecule has 1 unspecified atom stereocenters. The van der Waals surface area contributed by atoms with Crippen LogP contribution in [-0.4, -0.2) is 30.0 Å². The molecule has 92 valence electrons. The average molecular weight is 233 g/mol. The van der Waals surface area contributed by atoms with E-state index in [4.69, 9.17) is 0 Å². The SMILES string of the molecule is O=C(Cc1ccccn1)NC1CCCCNC1. The molecule has 1 aromatic rings. The zero-order valence-electron chi connectivity index (χ0n) is 9.98. The number of hydrogen-bond acceptors (Lipinski definition) is 3. The largest absolute Gasteiger partial charge is 0.352 e. The molecule has 17 heavy (non-hydrogen) atoms. The fourth-order valence-electron chi connectivity index (χ4n) is 2.09. The van der Waals surface area contributed by atoms with Gasteiger partial charge < -0.3 is 10.6 Å². The lowest BCUT2D eigenvalue weighted by Crippen LogP contribution is -2.41. The Balaban J connectivity index is 1.80. The molecule has 4 heteroatoms. The van der Waals surface area contributed by atoms with Crippen LogP contribution in [0.1, 0.15) is 25.0 Å². The van der Waals surface area contributed by atoms with Gasteiger partial charge in [0, 0.05) is 24.5 Å². The van der Waals surface area contributed by atoms with Crippen molar-refractivity contribution < 1.29 is 4.79 Å². The Kier molecular flexibility index (Phi) is 4.50. The van der Waals surface area contributed by atoms with Crippen LogP contribution in [0.2, 0.25) is 0 Å². The first-order valence-corrected chi connectivity index (χ1v) is 6.24. The summed E-state index contributed by atoms with van der Waals surface area (Å²) in [6.07, 6.45) is 5.54. The second kappa shape index (κ2) is 6.35. The second-order valence-corrected chi connectivity index (χ2v) is 4.46. The molecule has 1 atom stereocenters. The van der Waals surface area contributed by atoms with Gasteiger partial charge in [-0.05, 0) is 31.5 Å². The van der Waals surface area contributed by atoms with E-state index in [2.05, 4.69) is 15.6 Å². The molecule has 1 fully saturated rings. The van der Waals surface area contributed by atoms with Gasteiger partial charge in [-0.2, -0.15) is 0 Å². The van der Waals surface area contributed by atoms with Gasteiger partial charge in [-0.3, -0.25) is 9.78 Å². The Morgan fingerprint density at radius 1 is 1.47 bits per heavy atom. The molecular weight excluding hydrogens is 214 g/mol. The number of rotatable bonds is 3. The van der Waals surface area contributed by atoms with E-state index < -0.39 is 0 Å². The van der Waals surface area contributed by atoms with E-state index in [-0.39, 0.29) is 11.9 Å². The van der Waals surface area contributed by atoms with Gasteiger partial charge in [0.15, 0.2) is 0 Å². The number of nitrogens with one attached hydrogen (secondary N) is 2. The molecule has 1 amide bonds. The highest BCUT2D eigenvalue weighted by Crippen LogP contribution is 2.04. The van der Waals surface area contributed by atoms with Crippen LogP contribution >= 0.6 is 0 Å². The van der Waals surface area contributed by atoms with Crippen molar-refractivity contribution in [1.82, 2.24) is 15.6 Å². The summed E-state index contributed by atoms with van der Waals surface area (Å²) in [5, 5.41) is 6.40. The average Bonchev–Trinajstić information content (AvgIpc) is 2.59. The first-order chi connectivity index (χ1) is 8.34. The summed E-state index contributed by atoms with van der Waals surface area (Å²) in [6, 6.07) is 5.92. The maximum atomic E-state index is 11.8. The molecule has 4 nitrogen and oxygen atoms in total. The Bertz CT molecular complexity index is 345. The number of carbonyl (C=O) groups is 1. The number of aromatic nitrogens is 1. The molecular formula is C13H19N3O. The van der Waals surface area contributed by atoms with Crippen LogP contribution in [0.5, 0.6) is 0 Å². The lowest BCUT2D eigenvalue weighted by molar-refractivity contribution is -0.121. The van der Waals surface area contributed by atoms with Crippen LogP contribution in [0, 0.1) is 0 Å². The van der Waals surface area contributed by atoms with Gasteiger partial charge in [-0.1, -0.05) is 12.5 Å². The van der Waals surface area contributed by atoms with E-state index in [0.717, 1.165) is 25.2 Å². The predicted molar refractivity (Wildman–Crippen MR) is 66.6 cm³/mol. The number of hydrogen-bond donors (Lipinski definition) is 2. The van der Waals surface area contributed by atoms with Gasteiger partial charge in [-0.15, -0.1) is 0 Å². The summed E-state index contributed by atoms with van der Waals surface area (Å²) >= 11 is 0. The van der Waals surface area contributed by atoms with Gasteiger partial charge in [-0.25, -0.2) is 0 Å². The van der Waals surface area contributed by atoms with Crippen LogP contribution in [-0.2, 0) is 11.2 Å². The molecule has 0 saturated carbocycles. The van der Waals surface area contributed by atoms with Crippen molar-refractivity contribution in [2.75, 3.05) is 13.1 Å². The summed E-state index contributed by atoms with van der Waals surface area (Å²) in [7, 11) is 0. The van der Waals surface area contributed by atoms with Gasteiger partial charge in [0.05, 0.1) is 6.42 Å². The zero-order chi connectivity index (χ0) is 11.9. The van der Waals surface area contributed by atoms with E-state index in [1.165, 1.54) is 12.8 Å². The highest BCUT2D eigenvalue weighted by Gasteiger charge is 2.14. The molecule has 1 aliphatic rings. The fourth-order valence-corrected chi connectivity index (χ4v) is 2.09. The third-order valence-corrected chi connectivity index (χ3v) is 2.98. The summed E-state index contributed by atoms with van der Waals surface area (Å²) in [4.78, 5) is 16.0. The highest BCUT2D eigenvalue weighted by atomic mass is 16.1. The van der Waals surface area contributed by atoms with E-state index in [0.29, 0.717) is 6.42 Å². The molecule has 2 heterocycles. The van der Waals surface area contributed by atoms with Crippen molar-refractivity contribution in [2.45, 2.75) is 31.7 Å². The molecule has 0 aliphatic carbocycles. The minimum atomic E-state index is 0.0670. The maximum Gasteiger partial charge on any atom is 0.226 e. The van der Waals surface area contributed by atoms with Crippen LogP contribution < -0.4 is 10.6 Å². The van der Waals surface area contributed by atoms with Crippen molar-refractivity contribution in [3.63, 3.8) is 0 Å². The van der Waals surface area contributed by atoms with Crippen LogP contribution in [0.3, 0.4) is 0 Å². The Morgan fingerprint density at radius 2 is 2.41 bits per heavy atom. The number of nitrogens with zero attached hydrogens (tertiary/aromatic N) is 1. The van der Waals surface area contributed by atoms with E-state index >= 15 is 0 Å². The predicted octanol–water partition coefficient (Wildman–Crippen LogP) is 0.882. The molecule has 1 aliphatic heterocycles. The molecule has 1 saturated heterocycles. The fraction of sp³-hybridized carbons (Fsp3) is 0.538. The van der Waals surface area contributed by atoms with Gasteiger partial charge >= 0.3 is 0 Å². The van der Waals surface area contributed by atoms with Crippen molar-refractivity contribution >= 4 is 5.91 Å². The van der Waals surface area contributed by atoms with Crippen molar-refractivity contribution in [3.8, 4) is 0 Å². The first-order valence-electron chi connectivity index (χ1n) is 6.24. The summed E-state index contributed by atoms with van der Waals surface area (Å²) in [5.74, 6) is 0.0670. The Morgan fingerprint density at radius 3 is 3.24 bits per heavy atom. The monoisotopic (exact) mass is 233 g/mol. The quantitative estimate of drug-likeness (QED) is 0.815. The zero-order valence-corrected chi connectivity index (χ0v) is 9.98. The maximum absolute atomic E-state index is 11.8. The summed E-state index contributed by atoms with van der Waals surface area (Å²) < 4.78 is 0. The standard InChI is InChI=1S/C13H19N3O/c17-13(9-11-5-2-4-8-15-11)16-12-6-1-3-7-14-10-12/h2,4-5,8,12,14H,1,3,6-7,9-10H2,(H,16,17). The molecule has 2 rings (SSSR count). The molecule has 0 bridgehead atoms. The van der Waals surface area contributed by atoms with Crippen LogP contribution in [0.4, 0.5) is 0 Å². The third kappa shape index (κ3) is 4.15. The van der Waals surface area contributed by atoms with Crippen molar-refractivity contribution in [3.05, 3.63) is 30.1 Å². The molecule has 0 aromatic carbocycles. The molecule has 0 radical (unpaired) electrons. The molecule has 0 spiro atoms. The van der Waals surface area contributed by atoms with Gasteiger partial charge in [0.25, 0.3) is 0 Å². The lowest BCUT2D eigenvalue weighted by Gasteiger charge is -2.16. The minimum Gasteiger partial charge on any atom is -0.352 e. The highest BCUT2D eigenvalue weighted by molar-refractivity contribution is 5.78. The normalized spacial score (nSPS) is 20.6. The van der Waals surface area contributed by atoms with Crippen LogP contribution in [0.25, 0.3) is 0 Å².